The molecule has 1 aromatic heterocycles. The summed E-state index contributed by atoms with van der Waals surface area (Å²) >= 11 is 0. The van der Waals surface area contributed by atoms with E-state index in [2.05, 4.69) is 4.98 Å². The molecule has 2 aromatic rings. The van der Waals surface area contributed by atoms with E-state index in [1.807, 2.05) is 13.8 Å². The highest BCUT2D eigenvalue weighted by Gasteiger charge is 2.39. The Balaban J connectivity index is 2.71. The number of alkyl halides is 3. The van der Waals surface area contributed by atoms with E-state index < -0.39 is 12.0 Å². The second-order valence-electron chi connectivity index (χ2n) is 5.18. The van der Waals surface area contributed by atoms with E-state index in [4.69, 9.17) is 5.73 Å². The van der Waals surface area contributed by atoms with Crippen LogP contribution >= 0.6 is 0 Å². The molecule has 110 valence electrons. The highest BCUT2D eigenvalue weighted by atomic mass is 19.4. The van der Waals surface area contributed by atoms with Gasteiger partial charge in [-0.15, -0.1) is 0 Å². The van der Waals surface area contributed by atoms with Crippen LogP contribution in [0.1, 0.15) is 39.1 Å². The summed E-state index contributed by atoms with van der Waals surface area (Å²) in [5, 5.41) is 0. The summed E-state index contributed by atoms with van der Waals surface area (Å²) in [4.78, 5) is 3.74. The maximum Gasteiger partial charge on any atom is 0.449 e. The van der Waals surface area contributed by atoms with E-state index in [1.165, 1.54) is 10.6 Å². The van der Waals surface area contributed by atoms with E-state index in [0.29, 0.717) is 11.2 Å². The number of nitrogen functional groups attached to an aromatic ring is 1. The predicted octanol–water partition coefficient (Wildman–Crippen LogP) is 4.24. The second-order valence-corrected chi connectivity index (χ2v) is 5.18. The number of hydrogen-bond acceptors (Lipinski definition) is 2. The van der Waals surface area contributed by atoms with Crippen LogP contribution in [0, 0.1) is 5.92 Å². The minimum absolute atomic E-state index is 0.117. The van der Waals surface area contributed by atoms with E-state index in [9.17, 15) is 13.2 Å². The molecule has 20 heavy (non-hydrogen) atoms. The minimum Gasteiger partial charge on any atom is -0.399 e. The Morgan fingerprint density at radius 2 is 1.95 bits per heavy atom. The lowest BCUT2D eigenvalue weighted by Gasteiger charge is -2.23. The molecule has 0 amide bonds. The number of hydrogen-bond donors (Lipinski definition) is 1. The molecular weight excluding hydrogens is 267 g/mol. The monoisotopic (exact) mass is 285 g/mol. The fourth-order valence-corrected chi connectivity index (χ4v) is 2.32. The lowest BCUT2D eigenvalue weighted by atomic mass is 10.0. The molecule has 0 fully saturated rings. The topological polar surface area (TPSA) is 43.8 Å². The van der Waals surface area contributed by atoms with Crippen LogP contribution in [0.25, 0.3) is 11.0 Å². The van der Waals surface area contributed by atoms with Crippen LogP contribution < -0.4 is 5.73 Å². The van der Waals surface area contributed by atoms with E-state index in [1.54, 1.807) is 19.1 Å². The summed E-state index contributed by atoms with van der Waals surface area (Å²) in [6, 6.07) is 4.39. The number of rotatable bonds is 3. The van der Waals surface area contributed by atoms with E-state index >= 15 is 0 Å². The van der Waals surface area contributed by atoms with Gasteiger partial charge in [0.2, 0.25) is 5.82 Å². The Morgan fingerprint density at radius 1 is 1.30 bits per heavy atom. The van der Waals surface area contributed by atoms with Gasteiger partial charge < -0.3 is 10.3 Å². The molecule has 2 atom stereocenters. The largest absolute Gasteiger partial charge is 0.449 e. The zero-order valence-electron chi connectivity index (χ0n) is 11.7. The van der Waals surface area contributed by atoms with Crippen LogP contribution in [0.2, 0.25) is 0 Å². The quantitative estimate of drug-likeness (QED) is 0.857. The zero-order chi connectivity index (χ0) is 15.1. The molecule has 0 bridgehead atoms. The standard InChI is InChI=1S/C14H18F3N3/c1-4-8(2)9(3)20-12-6-5-10(18)7-11(12)19-13(20)14(15,16)17/h5-9H,4,18H2,1-3H3. The van der Waals surface area contributed by atoms with Gasteiger partial charge in [0.25, 0.3) is 0 Å². The lowest BCUT2D eigenvalue weighted by Crippen LogP contribution is -2.21. The fraction of sp³-hybridized carbons (Fsp3) is 0.500. The van der Waals surface area contributed by atoms with Gasteiger partial charge in [0, 0.05) is 11.7 Å². The summed E-state index contributed by atoms with van der Waals surface area (Å²) in [6.07, 6.45) is -3.68. The average Bonchev–Trinajstić information content (AvgIpc) is 2.75. The highest BCUT2D eigenvalue weighted by molar-refractivity contribution is 5.80. The summed E-state index contributed by atoms with van der Waals surface area (Å²) in [5.74, 6) is -0.739. The number of aromatic nitrogens is 2. The number of nitrogens with zero attached hydrogens (tertiary/aromatic N) is 2. The van der Waals surface area contributed by atoms with Gasteiger partial charge in [-0.2, -0.15) is 13.2 Å². The van der Waals surface area contributed by atoms with Gasteiger partial charge in [0.15, 0.2) is 0 Å². The van der Waals surface area contributed by atoms with Crippen molar-refractivity contribution in [3.8, 4) is 0 Å². The number of imidazole rings is 1. The Morgan fingerprint density at radius 3 is 2.50 bits per heavy atom. The third-order valence-corrected chi connectivity index (χ3v) is 3.84. The van der Waals surface area contributed by atoms with Crippen molar-refractivity contribution in [2.45, 2.75) is 39.4 Å². The maximum absolute atomic E-state index is 13.2. The van der Waals surface area contributed by atoms with Gasteiger partial charge in [0.05, 0.1) is 11.0 Å². The third-order valence-electron chi connectivity index (χ3n) is 3.84. The highest BCUT2D eigenvalue weighted by Crippen LogP contribution is 2.36. The molecule has 2 rings (SSSR count). The Bertz CT molecular complexity index is 616. The van der Waals surface area contributed by atoms with Crippen LogP contribution in [-0.2, 0) is 6.18 Å². The summed E-state index contributed by atoms with van der Waals surface area (Å²) < 4.78 is 40.9. The van der Waals surface area contributed by atoms with Crippen LogP contribution in [-0.4, -0.2) is 9.55 Å². The molecule has 0 spiro atoms. The first kappa shape index (κ1) is 14.7. The molecule has 2 N–H and O–H groups in total. The van der Waals surface area contributed by atoms with Crippen LogP contribution in [0.3, 0.4) is 0 Å². The second kappa shape index (κ2) is 5.00. The normalized spacial score (nSPS) is 15.5. The van der Waals surface area contributed by atoms with E-state index in [-0.39, 0.29) is 17.5 Å². The summed E-state index contributed by atoms with van der Waals surface area (Å²) in [5.41, 5.74) is 6.79. The molecule has 6 heteroatoms. The molecule has 1 heterocycles. The smallest absolute Gasteiger partial charge is 0.399 e. The van der Waals surface area contributed by atoms with Crippen molar-refractivity contribution >= 4 is 16.7 Å². The summed E-state index contributed by atoms with van der Waals surface area (Å²) in [7, 11) is 0. The van der Waals surface area contributed by atoms with Crippen molar-refractivity contribution in [3.05, 3.63) is 24.0 Å². The number of halogens is 3. The fourth-order valence-electron chi connectivity index (χ4n) is 2.32. The maximum atomic E-state index is 13.2. The van der Waals surface area contributed by atoms with Crippen molar-refractivity contribution in [3.63, 3.8) is 0 Å². The van der Waals surface area contributed by atoms with Gasteiger partial charge >= 0.3 is 6.18 Å². The molecule has 0 saturated heterocycles. The van der Waals surface area contributed by atoms with E-state index in [0.717, 1.165) is 6.42 Å². The zero-order valence-corrected chi connectivity index (χ0v) is 11.7. The average molecular weight is 285 g/mol. The van der Waals surface area contributed by atoms with Crippen molar-refractivity contribution in [1.29, 1.82) is 0 Å². The van der Waals surface area contributed by atoms with Crippen LogP contribution in [0.5, 0.6) is 0 Å². The first-order valence-electron chi connectivity index (χ1n) is 6.60. The number of fused-ring (bicyclic) bond motifs is 1. The molecule has 0 radical (unpaired) electrons. The third kappa shape index (κ3) is 2.46. The van der Waals surface area contributed by atoms with Gasteiger partial charge in [-0.05, 0) is 31.0 Å². The number of nitrogens with two attached hydrogens (primary N) is 1. The number of anilines is 1. The minimum atomic E-state index is -4.48. The van der Waals surface area contributed by atoms with Crippen molar-refractivity contribution in [1.82, 2.24) is 9.55 Å². The first-order chi connectivity index (χ1) is 9.25. The Labute approximate surface area is 115 Å². The molecule has 0 aliphatic rings. The molecule has 3 nitrogen and oxygen atoms in total. The predicted molar refractivity (Wildman–Crippen MR) is 73.3 cm³/mol. The van der Waals surface area contributed by atoms with Crippen LogP contribution in [0.15, 0.2) is 18.2 Å². The van der Waals surface area contributed by atoms with Gasteiger partial charge in [-0.3, -0.25) is 0 Å². The molecule has 0 saturated carbocycles. The first-order valence-corrected chi connectivity index (χ1v) is 6.60. The lowest BCUT2D eigenvalue weighted by molar-refractivity contribution is -0.147. The Hall–Kier alpha value is -1.72. The SMILES string of the molecule is CCC(C)C(C)n1c(C(F)(F)F)nc2cc(N)ccc21. The van der Waals surface area contributed by atoms with Crippen molar-refractivity contribution < 1.29 is 13.2 Å². The molecule has 2 unspecified atom stereocenters. The molecule has 1 aromatic carbocycles. The van der Waals surface area contributed by atoms with Crippen LogP contribution in [0.4, 0.5) is 18.9 Å². The molecule has 0 aliphatic carbocycles. The van der Waals surface area contributed by atoms with Gasteiger partial charge in [-0.25, -0.2) is 4.98 Å². The molecule has 0 aliphatic heterocycles. The van der Waals surface area contributed by atoms with Crippen molar-refractivity contribution in [2.75, 3.05) is 5.73 Å². The number of benzene rings is 1. The van der Waals surface area contributed by atoms with Gasteiger partial charge in [0.1, 0.15) is 0 Å². The molecular formula is C14H18F3N3. The summed E-state index contributed by atoms with van der Waals surface area (Å²) in [6.45, 7) is 5.69. The van der Waals surface area contributed by atoms with Crippen molar-refractivity contribution in [2.24, 2.45) is 5.92 Å². The Kier molecular flexibility index (Phi) is 3.67. The van der Waals surface area contributed by atoms with Gasteiger partial charge in [-0.1, -0.05) is 20.3 Å².